The molecule has 20 heavy (non-hydrogen) atoms. The maximum atomic E-state index is 8.70. The molecule has 0 radical (unpaired) electrons. The summed E-state index contributed by atoms with van der Waals surface area (Å²) in [4.78, 5) is 0. The van der Waals surface area contributed by atoms with Crippen molar-refractivity contribution in [2.75, 3.05) is 13.2 Å². The van der Waals surface area contributed by atoms with Crippen molar-refractivity contribution in [2.24, 2.45) is 0 Å². The lowest BCUT2D eigenvalue weighted by atomic mass is 10.0. The minimum absolute atomic E-state index is 0.306. The highest BCUT2D eigenvalue weighted by Crippen LogP contribution is 2.19. The van der Waals surface area contributed by atoms with E-state index in [1.54, 1.807) is 0 Å². The summed E-state index contributed by atoms with van der Waals surface area (Å²) >= 11 is 0. The van der Waals surface area contributed by atoms with Crippen molar-refractivity contribution in [3.05, 3.63) is 60.2 Å². The fraction of sp³-hybridized carbons (Fsp3) is 0.333. The van der Waals surface area contributed by atoms with E-state index in [1.807, 2.05) is 6.07 Å². The number of rotatable bonds is 8. The highest BCUT2D eigenvalue weighted by molar-refractivity contribution is 5.63. The summed E-state index contributed by atoms with van der Waals surface area (Å²) in [6.07, 6.45) is 3.13. The van der Waals surface area contributed by atoms with Crippen LogP contribution in [0.4, 0.5) is 0 Å². The monoisotopic (exact) mass is 269 g/mol. The molecule has 0 saturated carbocycles. The van der Waals surface area contributed by atoms with Gasteiger partial charge in [0.25, 0.3) is 0 Å². The molecule has 0 saturated heterocycles. The van der Waals surface area contributed by atoms with Gasteiger partial charge in [0.2, 0.25) is 0 Å². The Hall–Kier alpha value is -1.64. The summed E-state index contributed by atoms with van der Waals surface area (Å²) in [5, 5.41) is 12.1. The number of unbranched alkanes of at least 4 members (excludes halogenated alkanes) is 2. The molecule has 0 bridgehead atoms. The fourth-order valence-corrected chi connectivity index (χ4v) is 2.22. The average molecular weight is 269 g/mol. The van der Waals surface area contributed by atoms with Crippen LogP contribution in [0.5, 0.6) is 0 Å². The smallest absolute Gasteiger partial charge is 0.0431 e. The lowest BCUT2D eigenvalue weighted by molar-refractivity contribution is 0.283. The van der Waals surface area contributed by atoms with Crippen LogP contribution in [0, 0.1) is 0 Å². The van der Waals surface area contributed by atoms with Gasteiger partial charge in [-0.3, -0.25) is 0 Å². The lowest BCUT2D eigenvalue weighted by Gasteiger charge is -2.06. The summed E-state index contributed by atoms with van der Waals surface area (Å²) in [7, 11) is 0. The quantitative estimate of drug-likeness (QED) is 0.718. The molecule has 0 aliphatic heterocycles. The van der Waals surface area contributed by atoms with Crippen LogP contribution in [-0.4, -0.2) is 18.3 Å². The SMILES string of the molecule is OCCCCCNCc1ccc(-c2ccccc2)cc1. The van der Waals surface area contributed by atoms with Crippen molar-refractivity contribution < 1.29 is 5.11 Å². The van der Waals surface area contributed by atoms with Gasteiger partial charge in [-0.05, 0) is 42.5 Å². The van der Waals surface area contributed by atoms with Crippen LogP contribution < -0.4 is 5.32 Å². The molecule has 2 heteroatoms. The van der Waals surface area contributed by atoms with Gasteiger partial charge in [-0.25, -0.2) is 0 Å². The first-order chi connectivity index (χ1) is 9.90. The topological polar surface area (TPSA) is 32.3 Å². The molecule has 0 atom stereocenters. The number of hydrogen-bond donors (Lipinski definition) is 2. The van der Waals surface area contributed by atoms with E-state index in [0.29, 0.717) is 6.61 Å². The second-order valence-corrected chi connectivity index (χ2v) is 5.02. The van der Waals surface area contributed by atoms with Crippen LogP contribution in [0.25, 0.3) is 11.1 Å². The molecule has 0 heterocycles. The molecule has 2 aromatic rings. The van der Waals surface area contributed by atoms with Crippen LogP contribution in [0.1, 0.15) is 24.8 Å². The second kappa shape index (κ2) is 8.51. The van der Waals surface area contributed by atoms with Crippen LogP contribution in [0.2, 0.25) is 0 Å². The summed E-state index contributed by atoms with van der Waals surface area (Å²) < 4.78 is 0. The van der Waals surface area contributed by atoms with E-state index in [1.165, 1.54) is 16.7 Å². The molecular formula is C18H23NO. The zero-order valence-corrected chi connectivity index (χ0v) is 11.9. The molecule has 0 spiro atoms. The minimum Gasteiger partial charge on any atom is -0.396 e. The van der Waals surface area contributed by atoms with Gasteiger partial charge in [-0.2, -0.15) is 0 Å². The predicted molar refractivity (Wildman–Crippen MR) is 84.5 cm³/mol. The zero-order valence-electron chi connectivity index (χ0n) is 11.9. The third-order valence-electron chi connectivity index (χ3n) is 3.40. The molecule has 0 aliphatic rings. The zero-order chi connectivity index (χ0) is 14.0. The molecule has 2 rings (SSSR count). The average Bonchev–Trinajstić information content (AvgIpc) is 2.52. The number of aliphatic hydroxyl groups is 1. The normalized spacial score (nSPS) is 10.7. The van der Waals surface area contributed by atoms with E-state index >= 15 is 0 Å². The van der Waals surface area contributed by atoms with E-state index in [-0.39, 0.29) is 0 Å². The fourth-order valence-electron chi connectivity index (χ4n) is 2.22. The number of aliphatic hydroxyl groups excluding tert-OH is 1. The maximum absolute atomic E-state index is 8.70. The molecule has 0 unspecified atom stereocenters. The van der Waals surface area contributed by atoms with E-state index in [9.17, 15) is 0 Å². The first kappa shape index (κ1) is 14.8. The van der Waals surface area contributed by atoms with Gasteiger partial charge in [-0.15, -0.1) is 0 Å². The second-order valence-electron chi connectivity index (χ2n) is 5.02. The Balaban J connectivity index is 1.77. The van der Waals surface area contributed by atoms with Crippen molar-refractivity contribution in [1.29, 1.82) is 0 Å². The summed E-state index contributed by atoms with van der Waals surface area (Å²) in [5.41, 5.74) is 3.83. The number of benzene rings is 2. The summed E-state index contributed by atoms with van der Waals surface area (Å²) in [5.74, 6) is 0. The molecule has 2 aromatic carbocycles. The Labute approximate surface area is 121 Å². The summed E-state index contributed by atoms with van der Waals surface area (Å²) in [6, 6.07) is 19.2. The molecule has 0 aliphatic carbocycles. The standard InChI is InChI=1S/C18H23NO/c20-14-6-2-5-13-19-15-16-9-11-18(12-10-16)17-7-3-1-4-8-17/h1,3-4,7-12,19-20H,2,5-6,13-15H2. The Morgan fingerprint density at radius 1 is 0.750 bits per heavy atom. The van der Waals surface area contributed by atoms with Gasteiger partial charge >= 0.3 is 0 Å². The molecule has 0 amide bonds. The van der Waals surface area contributed by atoms with Crippen molar-refractivity contribution in [3.63, 3.8) is 0 Å². The Kier molecular flexibility index (Phi) is 6.28. The third kappa shape index (κ3) is 4.80. The molecule has 2 N–H and O–H groups in total. The highest BCUT2D eigenvalue weighted by atomic mass is 16.2. The van der Waals surface area contributed by atoms with E-state index in [2.05, 4.69) is 53.8 Å². The first-order valence-corrected chi connectivity index (χ1v) is 7.36. The van der Waals surface area contributed by atoms with E-state index in [4.69, 9.17) is 5.11 Å². The highest BCUT2D eigenvalue weighted by Gasteiger charge is 1.97. The molecule has 106 valence electrons. The van der Waals surface area contributed by atoms with Gasteiger partial charge in [0.05, 0.1) is 0 Å². The van der Waals surface area contributed by atoms with Crippen LogP contribution in [0.3, 0.4) is 0 Å². The van der Waals surface area contributed by atoms with Gasteiger partial charge < -0.3 is 10.4 Å². The lowest BCUT2D eigenvalue weighted by Crippen LogP contribution is -2.14. The Morgan fingerprint density at radius 3 is 2.15 bits per heavy atom. The predicted octanol–water partition coefficient (Wildman–Crippen LogP) is 3.61. The van der Waals surface area contributed by atoms with Crippen molar-refractivity contribution >= 4 is 0 Å². The Morgan fingerprint density at radius 2 is 1.45 bits per heavy atom. The third-order valence-corrected chi connectivity index (χ3v) is 3.40. The number of hydrogen-bond acceptors (Lipinski definition) is 2. The van der Waals surface area contributed by atoms with Gasteiger partial charge in [0, 0.05) is 13.2 Å². The van der Waals surface area contributed by atoms with Crippen molar-refractivity contribution in [1.82, 2.24) is 5.32 Å². The van der Waals surface area contributed by atoms with Crippen molar-refractivity contribution in [3.8, 4) is 11.1 Å². The Bertz CT molecular complexity index is 479. The summed E-state index contributed by atoms with van der Waals surface area (Å²) in [6.45, 7) is 2.23. The van der Waals surface area contributed by atoms with E-state index in [0.717, 1.165) is 32.4 Å². The maximum Gasteiger partial charge on any atom is 0.0431 e. The van der Waals surface area contributed by atoms with Crippen LogP contribution in [0.15, 0.2) is 54.6 Å². The molecular weight excluding hydrogens is 246 g/mol. The minimum atomic E-state index is 0.306. The molecule has 0 aromatic heterocycles. The molecule has 2 nitrogen and oxygen atoms in total. The first-order valence-electron chi connectivity index (χ1n) is 7.36. The van der Waals surface area contributed by atoms with Crippen LogP contribution in [-0.2, 0) is 6.54 Å². The van der Waals surface area contributed by atoms with Crippen molar-refractivity contribution in [2.45, 2.75) is 25.8 Å². The number of nitrogens with one attached hydrogen (secondary N) is 1. The molecule has 0 fully saturated rings. The van der Waals surface area contributed by atoms with Gasteiger partial charge in [-0.1, -0.05) is 54.6 Å². The van der Waals surface area contributed by atoms with Gasteiger partial charge in [0.15, 0.2) is 0 Å². The van der Waals surface area contributed by atoms with Crippen LogP contribution >= 0.6 is 0 Å². The van der Waals surface area contributed by atoms with Gasteiger partial charge in [0.1, 0.15) is 0 Å². The van der Waals surface area contributed by atoms with E-state index < -0.39 is 0 Å². The largest absolute Gasteiger partial charge is 0.396 e.